The molecular formula is C12H15NO4. The Balaban J connectivity index is 2.30. The smallest absolute Gasteiger partial charge is 0.258 e. The van der Waals surface area contributed by atoms with E-state index >= 15 is 0 Å². The number of benzene rings is 1. The molecule has 5 nitrogen and oxygen atoms in total. The molecule has 1 aromatic carbocycles. The zero-order valence-electron chi connectivity index (χ0n) is 9.64. The Morgan fingerprint density at radius 1 is 1.59 bits per heavy atom. The number of primary amides is 1. The molecule has 0 saturated carbocycles. The van der Waals surface area contributed by atoms with E-state index in [1.54, 1.807) is 13.2 Å². The fourth-order valence-corrected chi connectivity index (χ4v) is 1.77. The summed E-state index contributed by atoms with van der Waals surface area (Å²) in [5.41, 5.74) is 6.14. The molecule has 1 aromatic rings. The molecule has 17 heavy (non-hydrogen) atoms. The standard InChI is InChI=1S/C12H15NO4/c1-15-7-8-3-2-4-9-11(8)16-6-5-10(17-9)12(13)14/h2-4,10H,5-7H2,1H3,(H2,13,14). The maximum absolute atomic E-state index is 11.1. The number of ether oxygens (including phenoxy) is 3. The van der Waals surface area contributed by atoms with Crippen molar-refractivity contribution in [1.29, 1.82) is 0 Å². The second-order valence-electron chi connectivity index (χ2n) is 3.82. The van der Waals surface area contributed by atoms with Gasteiger partial charge in [0.05, 0.1) is 13.2 Å². The molecule has 1 aliphatic rings. The van der Waals surface area contributed by atoms with E-state index in [1.165, 1.54) is 0 Å². The highest BCUT2D eigenvalue weighted by atomic mass is 16.5. The first-order valence-corrected chi connectivity index (χ1v) is 5.42. The lowest BCUT2D eigenvalue weighted by molar-refractivity contribution is -0.124. The van der Waals surface area contributed by atoms with Crippen molar-refractivity contribution in [3.63, 3.8) is 0 Å². The number of hydrogen-bond donors (Lipinski definition) is 1. The molecule has 1 aliphatic heterocycles. The van der Waals surface area contributed by atoms with Crippen LogP contribution in [-0.4, -0.2) is 25.7 Å². The summed E-state index contributed by atoms with van der Waals surface area (Å²) in [6.45, 7) is 0.842. The highest BCUT2D eigenvalue weighted by molar-refractivity contribution is 5.79. The van der Waals surface area contributed by atoms with Crippen LogP contribution >= 0.6 is 0 Å². The summed E-state index contributed by atoms with van der Waals surface area (Å²) in [6.07, 6.45) is -0.176. The first-order chi connectivity index (χ1) is 8.22. The van der Waals surface area contributed by atoms with Crippen molar-refractivity contribution in [2.24, 2.45) is 5.73 Å². The van der Waals surface area contributed by atoms with Crippen LogP contribution in [0.15, 0.2) is 18.2 Å². The van der Waals surface area contributed by atoms with Crippen LogP contribution in [0.5, 0.6) is 11.5 Å². The number of hydrogen-bond acceptors (Lipinski definition) is 4. The van der Waals surface area contributed by atoms with Crippen molar-refractivity contribution in [2.45, 2.75) is 19.1 Å². The van der Waals surface area contributed by atoms with Gasteiger partial charge in [-0.3, -0.25) is 4.79 Å². The first kappa shape index (κ1) is 11.7. The zero-order chi connectivity index (χ0) is 12.3. The summed E-state index contributed by atoms with van der Waals surface area (Å²) in [4.78, 5) is 11.1. The minimum absolute atomic E-state index is 0.404. The van der Waals surface area contributed by atoms with Crippen LogP contribution in [-0.2, 0) is 16.1 Å². The van der Waals surface area contributed by atoms with E-state index in [0.717, 1.165) is 5.56 Å². The van der Waals surface area contributed by atoms with E-state index in [9.17, 15) is 4.79 Å². The molecule has 0 radical (unpaired) electrons. The Kier molecular flexibility index (Phi) is 3.49. The van der Waals surface area contributed by atoms with Crippen molar-refractivity contribution in [3.8, 4) is 11.5 Å². The van der Waals surface area contributed by atoms with Crippen molar-refractivity contribution in [3.05, 3.63) is 23.8 Å². The fourth-order valence-electron chi connectivity index (χ4n) is 1.77. The SMILES string of the molecule is COCc1cccc2c1OCCC(C(N)=O)O2. The monoisotopic (exact) mass is 237 g/mol. The normalized spacial score (nSPS) is 18.5. The van der Waals surface area contributed by atoms with Crippen molar-refractivity contribution < 1.29 is 19.0 Å². The van der Waals surface area contributed by atoms with Gasteiger partial charge in [0, 0.05) is 19.1 Å². The molecule has 2 rings (SSSR count). The molecule has 0 fully saturated rings. The van der Waals surface area contributed by atoms with Crippen molar-refractivity contribution in [2.75, 3.05) is 13.7 Å². The van der Waals surface area contributed by atoms with E-state index in [1.807, 2.05) is 12.1 Å². The summed E-state index contributed by atoms with van der Waals surface area (Å²) in [6, 6.07) is 5.49. The Morgan fingerprint density at radius 3 is 3.12 bits per heavy atom. The van der Waals surface area contributed by atoms with Gasteiger partial charge in [-0.2, -0.15) is 0 Å². The Labute approximate surface area is 99.5 Å². The maximum Gasteiger partial charge on any atom is 0.258 e. The molecule has 1 heterocycles. The Bertz CT molecular complexity index is 419. The van der Waals surface area contributed by atoms with Gasteiger partial charge in [-0.05, 0) is 6.07 Å². The number of carbonyl (C=O) groups is 1. The van der Waals surface area contributed by atoms with E-state index in [-0.39, 0.29) is 0 Å². The topological polar surface area (TPSA) is 70.8 Å². The quantitative estimate of drug-likeness (QED) is 0.846. The van der Waals surface area contributed by atoms with Gasteiger partial charge in [-0.25, -0.2) is 0 Å². The summed E-state index contributed by atoms with van der Waals surface area (Å²) in [7, 11) is 1.61. The van der Waals surface area contributed by atoms with Crippen LogP contribution < -0.4 is 15.2 Å². The van der Waals surface area contributed by atoms with Crippen LogP contribution in [0.3, 0.4) is 0 Å². The third-order valence-electron chi connectivity index (χ3n) is 2.57. The summed E-state index contributed by atoms with van der Waals surface area (Å²) in [5, 5.41) is 0. The minimum Gasteiger partial charge on any atom is -0.489 e. The van der Waals surface area contributed by atoms with E-state index in [0.29, 0.717) is 31.1 Å². The molecule has 0 aliphatic carbocycles. The van der Waals surface area contributed by atoms with Crippen LogP contribution in [0, 0.1) is 0 Å². The van der Waals surface area contributed by atoms with Crippen molar-refractivity contribution in [1.82, 2.24) is 0 Å². The van der Waals surface area contributed by atoms with Crippen LogP contribution in [0.4, 0.5) is 0 Å². The molecule has 2 N–H and O–H groups in total. The predicted octanol–water partition coefficient (Wildman–Crippen LogP) is 0.848. The molecule has 1 unspecified atom stereocenters. The van der Waals surface area contributed by atoms with Crippen LogP contribution in [0.2, 0.25) is 0 Å². The second kappa shape index (κ2) is 5.05. The van der Waals surface area contributed by atoms with Crippen LogP contribution in [0.25, 0.3) is 0 Å². The molecule has 5 heteroatoms. The fraction of sp³-hybridized carbons (Fsp3) is 0.417. The molecule has 0 saturated heterocycles. The lowest BCUT2D eigenvalue weighted by Crippen LogP contribution is -2.33. The van der Waals surface area contributed by atoms with Gasteiger partial charge < -0.3 is 19.9 Å². The lowest BCUT2D eigenvalue weighted by atomic mass is 10.2. The average molecular weight is 237 g/mol. The average Bonchev–Trinajstić information content (AvgIpc) is 2.52. The highest BCUT2D eigenvalue weighted by Crippen LogP contribution is 2.34. The number of fused-ring (bicyclic) bond motifs is 1. The van der Waals surface area contributed by atoms with Crippen molar-refractivity contribution >= 4 is 5.91 Å². The number of methoxy groups -OCH3 is 1. The second-order valence-corrected chi connectivity index (χ2v) is 3.82. The number of carbonyl (C=O) groups excluding carboxylic acids is 1. The van der Waals surface area contributed by atoms with Gasteiger partial charge in [0.1, 0.15) is 0 Å². The van der Waals surface area contributed by atoms with Gasteiger partial charge in [0.25, 0.3) is 5.91 Å². The van der Waals surface area contributed by atoms with Gasteiger partial charge in [0.2, 0.25) is 0 Å². The first-order valence-electron chi connectivity index (χ1n) is 5.42. The molecular weight excluding hydrogens is 222 g/mol. The Morgan fingerprint density at radius 2 is 2.41 bits per heavy atom. The number of rotatable bonds is 3. The number of para-hydroxylation sites is 1. The molecule has 0 spiro atoms. The zero-order valence-corrected chi connectivity index (χ0v) is 9.64. The summed E-state index contributed by atoms with van der Waals surface area (Å²) < 4.78 is 16.2. The van der Waals surface area contributed by atoms with Gasteiger partial charge in [0.15, 0.2) is 17.6 Å². The van der Waals surface area contributed by atoms with E-state index in [4.69, 9.17) is 19.9 Å². The molecule has 1 amide bonds. The minimum atomic E-state index is -0.631. The van der Waals surface area contributed by atoms with Gasteiger partial charge >= 0.3 is 0 Å². The lowest BCUT2D eigenvalue weighted by Gasteiger charge is -2.13. The van der Waals surface area contributed by atoms with Gasteiger partial charge in [-0.15, -0.1) is 0 Å². The number of amides is 1. The van der Waals surface area contributed by atoms with Crippen LogP contribution in [0.1, 0.15) is 12.0 Å². The van der Waals surface area contributed by atoms with E-state index in [2.05, 4.69) is 0 Å². The third-order valence-corrected chi connectivity index (χ3v) is 2.57. The number of nitrogens with two attached hydrogens (primary N) is 1. The largest absolute Gasteiger partial charge is 0.489 e. The summed E-state index contributed by atoms with van der Waals surface area (Å²) >= 11 is 0. The molecule has 92 valence electrons. The summed E-state index contributed by atoms with van der Waals surface area (Å²) in [5.74, 6) is 0.706. The van der Waals surface area contributed by atoms with Gasteiger partial charge in [-0.1, -0.05) is 12.1 Å². The third kappa shape index (κ3) is 2.50. The van der Waals surface area contributed by atoms with E-state index < -0.39 is 12.0 Å². The Hall–Kier alpha value is -1.75. The molecule has 0 aromatic heterocycles. The predicted molar refractivity (Wildman–Crippen MR) is 60.9 cm³/mol. The molecule has 0 bridgehead atoms. The highest BCUT2D eigenvalue weighted by Gasteiger charge is 2.24. The maximum atomic E-state index is 11.1. The molecule has 1 atom stereocenters.